The van der Waals surface area contributed by atoms with Crippen LogP contribution in [0.2, 0.25) is 0 Å². The van der Waals surface area contributed by atoms with E-state index in [1.165, 1.54) is 6.92 Å². The molecular weight excluding hydrogens is 592 g/mol. The minimum Gasteiger partial charge on any atom is -0.394 e. The molecule has 0 aromatic heterocycles. The van der Waals surface area contributed by atoms with Gasteiger partial charge in [0, 0.05) is 0 Å². The van der Waals surface area contributed by atoms with E-state index in [9.17, 15) is 61.3 Å². The molecule has 252 valence electrons. The number of aliphatic hydroxyl groups is 12. The van der Waals surface area contributed by atoms with Crippen LogP contribution in [-0.4, -0.2) is 204 Å². The summed E-state index contributed by atoms with van der Waals surface area (Å²) in [5.41, 5.74) is 0. The van der Waals surface area contributed by atoms with Gasteiger partial charge in [0.2, 0.25) is 0 Å². The van der Waals surface area contributed by atoms with E-state index >= 15 is 0 Å². The van der Waals surface area contributed by atoms with Crippen LogP contribution in [0.4, 0.5) is 0 Å². The predicted molar refractivity (Wildman–Crippen MR) is 131 cm³/mol. The Morgan fingerprint density at radius 2 is 0.977 bits per heavy atom. The second-order valence-electron chi connectivity index (χ2n) is 11.0. The fourth-order valence-electron chi connectivity index (χ4n) is 5.40. The van der Waals surface area contributed by atoms with Gasteiger partial charge in [0.05, 0.1) is 32.5 Å². The number of hydrogen-bond donors (Lipinski definition) is 12. The third kappa shape index (κ3) is 7.15. The van der Waals surface area contributed by atoms with Crippen LogP contribution in [0.3, 0.4) is 0 Å². The summed E-state index contributed by atoms with van der Waals surface area (Å²) in [6.45, 7) is -1.34. The molecule has 19 heteroatoms. The van der Waals surface area contributed by atoms with Crippen molar-refractivity contribution in [2.45, 2.75) is 123 Å². The molecule has 19 nitrogen and oxygen atoms in total. The van der Waals surface area contributed by atoms with Crippen molar-refractivity contribution in [3.05, 3.63) is 0 Å². The summed E-state index contributed by atoms with van der Waals surface area (Å²) in [7, 11) is 0. The minimum absolute atomic E-state index is 0.348. The molecule has 0 bridgehead atoms. The summed E-state index contributed by atoms with van der Waals surface area (Å²) in [4.78, 5) is 0. The normalized spacial score (nSPS) is 53.1. The van der Waals surface area contributed by atoms with Gasteiger partial charge < -0.3 is 94.4 Å². The first-order valence-electron chi connectivity index (χ1n) is 13.8. The van der Waals surface area contributed by atoms with Gasteiger partial charge in [0.15, 0.2) is 18.9 Å². The van der Waals surface area contributed by atoms with Gasteiger partial charge in [-0.15, -0.1) is 0 Å². The van der Waals surface area contributed by atoms with Crippen molar-refractivity contribution in [1.29, 1.82) is 0 Å². The zero-order valence-electron chi connectivity index (χ0n) is 23.0. The lowest BCUT2D eigenvalue weighted by atomic mass is 9.95. The highest BCUT2D eigenvalue weighted by Crippen LogP contribution is 2.35. The lowest BCUT2D eigenvalue weighted by Gasteiger charge is -2.50. The second-order valence-corrected chi connectivity index (χ2v) is 11.0. The molecule has 4 saturated heterocycles. The zero-order valence-corrected chi connectivity index (χ0v) is 23.0. The molecule has 19 atom stereocenters. The Hall–Kier alpha value is -0.760. The summed E-state index contributed by atoms with van der Waals surface area (Å²) in [5.74, 6) is 0. The van der Waals surface area contributed by atoms with Gasteiger partial charge >= 0.3 is 0 Å². The number of aliphatic hydroxyl groups excluding tert-OH is 12. The van der Waals surface area contributed by atoms with Gasteiger partial charge in [-0.25, -0.2) is 0 Å². The first-order chi connectivity index (χ1) is 20.3. The van der Waals surface area contributed by atoms with E-state index in [4.69, 9.17) is 33.2 Å². The maximum Gasteiger partial charge on any atom is 0.187 e. The largest absolute Gasteiger partial charge is 0.394 e. The summed E-state index contributed by atoms with van der Waals surface area (Å²) < 4.78 is 39.4. The smallest absolute Gasteiger partial charge is 0.187 e. The Labute approximate surface area is 244 Å². The Balaban J connectivity index is 1.68. The topological polar surface area (TPSA) is 307 Å². The summed E-state index contributed by atoms with van der Waals surface area (Å²) >= 11 is 0. The maximum atomic E-state index is 11.1. The van der Waals surface area contributed by atoms with Gasteiger partial charge in [-0.1, -0.05) is 0 Å². The molecule has 4 heterocycles. The van der Waals surface area contributed by atoms with Crippen molar-refractivity contribution in [2.24, 2.45) is 0 Å². The van der Waals surface area contributed by atoms with Crippen molar-refractivity contribution in [3.8, 4) is 0 Å². The van der Waals surface area contributed by atoms with Crippen LogP contribution < -0.4 is 0 Å². The van der Waals surface area contributed by atoms with Crippen LogP contribution in [0.25, 0.3) is 0 Å². The molecule has 43 heavy (non-hydrogen) atoms. The Morgan fingerprint density at radius 1 is 0.488 bits per heavy atom. The molecule has 4 aliphatic heterocycles. The highest BCUT2D eigenvalue weighted by molar-refractivity contribution is 4.98. The van der Waals surface area contributed by atoms with Gasteiger partial charge in [-0.3, -0.25) is 0 Å². The van der Waals surface area contributed by atoms with E-state index in [0.29, 0.717) is 0 Å². The molecule has 0 radical (unpaired) electrons. The fraction of sp³-hybridized carbons (Fsp3) is 1.00. The maximum absolute atomic E-state index is 11.1. The molecule has 4 rings (SSSR count). The fourth-order valence-corrected chi connectivity index (χ4v) is 5.40. The van der Waals surface area contributed by atoms with Gasteiger partial charge in [0.25, 0.3) is 0 Å². The van der Waals surface area contributed by atoms with Crippen LogP contribution in [0, 0.1) is 0 Å². The van der Waals surface area contributed by atoms with Crippen molar-refractivity contribution in [1.82, 2.24) is 0 Å². The lowest BCUT2D eigenvalue weighted by molar-refractivity contribution is -0.400. The van der Waals surface area contributed by atoms with Crippen molar-refractivity contribution < 1.29 is 94.4 Å². The van der Waals surface area contributed by atoms with Gasteiger partial charge in [0.1, 0.15) is 91.6 Å². The molecule has 0 aromatic rings. The Bertz CT molecular complexity index is 866. The molecule has 12 N–H and O–H groups in total. The molecular formula is C24H42O19. The van der Waals surface area contributed by atoms with Crippen LogP contribution in [0.5, 0.6) is 0 Å². The van der Waals surface area contributed by atoms with Crippen LogP contribution >= 0.6 is 0 Å². The second kappa shape index (κ2) is 14.8. The third-order valence-corrected chi connectivity index (χ3v) is 8.09. The molecule has 0 aromatic carbocycles. The van der Waals surface area contributed by atoms with Gasteiger partial charge in [-0.2, -0.15) is 0 Å². The number of hydrogen-bond acceptors (Lipinski definition) is 19. The molecule has 0 aliphatic carbocycles. The predicted octanol–water partition coefficient (Wildman–Crippen LogP) is -8.04. The van der Waals surface area contributed by atoms with E-state index in [0.717, 1.165) is 0 Å². The van der Waals surface area contributed by atoms with Crippen molar-refractivity contribution >= 4 is 0 Å². The Kier molecular flexibility index (Phi) is 12.1. The van der Waals surface area contributed by atoms with Crippen LogP contribution in [-0.2, 0) is 33.2 Å². The molecule has 0 amide bonds. The molecule has 0 saturated carbocycles. The van der Waals surface area contributed by atoms with Crippen LogP contribution in [0.1, 0.15) is 6.92 Å². The molecule has 4 fully saturated rings. The van der Waals surface area contributed by atoms with E-state index in [-0.39, 0.29) is 6.61 Å². The van der Waals surface area contributed by atoms with Crippen LogP contribution in [0.15, 0.2) is 0 Å². The monoisotopic (exact) mass is 634 g/mol. The van der Waals surface area contributed by atoms with E-state index in [1.54, 1.807) is 0 Å². The summed E-state index contributed by atoms with van der Waals surface area (Å²) in [5, 5.41) is 123. The minimum atomic E-state index is -1.95. The Morgan fingerprint density at radius 3 is 1.58 bits per heavy atom. The van der Waals surface area contributed by atoms with E-state index in [1.807, 2.05) is 0 Å². The van der Waals surface area contributed by atoms with E-state index < -0.39 is 136 Å². The lowest BCUT2D eigenvalue weighted by Crippen LogP contribution is -2.68. The quantitative estimate of drug-likeness (QED) is 0.112. The zero-order chi connectivity index (χ0) is 31.7. The average molecular weight is 635 g/mol. The first kappa shape index (κ1) is 35.1. The standard InChI is InChI=1S/C24H42O19/c1-6-11(29)15(33)17(35)22(38-6)43-21-20(42-23-18(36)16(34)13(31)8(2-25)39-23)14(32)9(3-26)40-24(21)41-19-10(4-27)37-5-7(28)12(19)30/h6-36H,2-5H2,1H3. The van der Waals surface area contributed by atoms with Gasteiger partial charge in [-0.05, 0) is 6.92 Å². The van der Waals surface area contributed by atoms with Crippen molar-refractivity contribution in [3.63, 3.8) is 0 Å². The molecule has 4 aliphatic rings. The van der Waals surface area contributed by atoms with E-state index in [2.05, 4.69) is 0 Å². The third-order valence-electron chi connectivity index (χ3n) is 8.09. The molecule has 19 unspecified atom stereocenters. The number of rotatable bonds is 9. The molecule has 0 spiro atoms. The average Bonchev–Trinajstić information content (AvgIpc) is 2.99. The highest BCUT2D eigenvalue weighted by Gasteiger charge is 2.55. The highest BCUT2D eigenvalue weighted by atomic mass is 16.8. The number of ether oxygens (including phenoxy) is 7. The first-order valence-corrected chi connectivity index (χ1v) is 13.8. The summed E-state index contributed by atoms with van der Waals surface area (Å²) in [6.07, 6.45) is -31.3. The summed E-state index contributed by atoms with van der Waals surface area (Å²) in [6, 6.07) is 0. The SMILES string of the molecule is CC1OC(OC2C(OC3C(CO)OCC(O)C3O)OC(CO)C(O)C2OC2OC(CO)C(O)C(O)C2O)C(O)C(O)C1O. The van der Waals surface area contributed by atoms with Crippen molar-refractivity contribution in [2.75, 3.05) is 26.4 Å².